The molecule has 1 heterocycles. The first-order chi connectivity index (χ1) is 9.96. The summed E-state index contributed by atoms with van der Waals surface area (Å²) in [5.74, 6) is -2.41. The topological polar surface area (TPSA) is 49.4 Å². The van der Waals surface area contributed by atoms with Gasteiger partial charge in [-0.1, -0.05) is 13.3 Å². The van der Waals surface area contributed by atoms with Crippen molar-refractivity contribution < 1.29 is 17.2 Å². The Kier molecular flexibility index (Phi) is 5.29. The fourth-order valence-corrected chi connectivity index (χ4v) is 4.06. The van der Waals surface area contributed by atoms with Crippen LogP contribution in [0.5, 0.6) is 0 Å². The molecule has 0 bridgehead atoms. The molecule has 1 aromatic carbocycles. The lowest BCUT2D eigenvalue weighted by atomic mass is 10.2. The molecule has 1 N–H and O–H groups in total. The number of nitrogens with zero attached hydrogens (tertiary/aromatic N) is 1. The van der Waals surface area contributed by atoms with Gasteiger partial charge in [0.25, 0.3) is 0 Å². The molecular formula is C14H20F2N2O2S. The summed E-state index contributed by atoms with van der Waals surface area (Å²) in [7, 11) is -3.97. The highest BCUT2D eigenvalue weighted by atomic mass is 32.2. The Morgan fingerprint density at radius 3 is 2.48 bits per heavy atom. The Bertz CT molecular complexity index is 599. The van der Waals surface area contributed by atoms with Crippen LogP contribution in [0.3, 0.4) is 0 Å². The summed E-state index contributed by atoms with van der Waals surface area (Å²) in [6, 6.07) is 2.26. The fraction of sp³-hybridized carbons (Fsp3) is 0.571. The zero-order chi connectivity index (χ0) is 15.5. The zero-order valence-electron chi connectivity index (χ0n) is 12.0. The second-order valence-corrected chi connectivity index (χ2v) is 7.04. The fourth-order valence-electron chi connectivity index (χ4n) is 2.42. The molecule has 1 saturated heterocycles. The third kappa shape index (κ3) is 3.59. The molecule has 7 heteroatoms. The first kappa shape index (κ1) is 16.3. The molecule has 0 amide bonds. The first-order valence-electron chi connectivity index (χ1n) is 7.15. The van der Waals surface area contributed by atoms with Crippen LogP contribution in [-0.2, 0) is 16.6 Å². The average Bonchev–Trinajstić information content (AvgIpc) is 2.49. The van der Waals surface area contributed by atoms with E-state index in [9.17, 15) is 17.2 Å². The van der Waals surface area contributed by atoms with Crippen molar-refractivity contribution in [3.63, 3.8) is 0 Å². The van der Waals surface area contributed by atoms with E-state index in [2.05, 4.69) is 5.32 Å². The van der Waals surface area contributed by atoms with E-state index < -0.39 is 26.6 Å². The lowest BCUT2D eigenvalue weighted by molar-refractivity contribution is 0.344. The number of hydrogen-bond donors (Lipinski definition) is 1. The molecule has 118 valence electrons. The van der Waals surface area contributed by atoms with Gasteiger partial charge in [0, 0.05) is 19.6 Å². The van der Waals surface area contributed by atoms with Crippen molar-refractivity contribution in [2.24, 2.45) is 0 Å². The molecule has 0 unspecified atom stereocenters. The summed E-state index contributed by atoms with van der Waals surface area (Å²) in [5, 5.41) is 2.97. The minimum absolute atomic E-state index is 0.302. The minimum atomic E-state index is -3.97. The SMILES string of the molecule is CCNCc1cc(F)c(F)c(S(=O)(=O)N2CCCCC2)c1. The lowest BCUT2D eigenvalue weighted by Gasteiger charge is -2.26. The molecule has 0 aliphatic carbocycles. The average molecular weight is 318 g/mol. The molecular weight excluding hydrogens is 298 g/mol. The van der Waals surface area contributed by atoms with E-state index >= 15 is 0 Å². The Hall–Kier alpha value is -1.05. The van der Waals surface area contributed by atoms with Gasteiger partial charge in [-0.25, -0.2) is 17.2 Å². The van der Waals surface area contributed by atoms with Crippen molar-refractivity contribution in [3.8, 4) is 0 Å². The number of rotatable bonds is 5. The van der Waals surface area contributed by atoms with Crippen molar-refractivity contribution >= 4 is 10.0 Å². The first-order valence-corrected chi connectivity index (χ1v) is 8.59. The summed E-state index contributed by atoms with van der Waals surface area (Å²) < 4.78 is 53.8. The van der Waals surface area contributed by atoms with E-state index in [1.807, 2.05) is 6.92 Å². The summed E-state index contributed by atoms with van der Waals surface area (Å²) in [5.41, 5.74) is 0.423. The van der Waals surface area contributed by atoms with Gasteiger partial charge in [0.2, 0.25) is 10.0 Å². The maximum atomic E-state index is 14.0. The van der Waals surface area contributed by atoms with E-state index in [1.54, 1.807) is 0 Å². The summed E-state index contributed by atoms with van der Waals surface area (Å²) in [4.78, 5) is -0.558. The standard InChI is InChI=1S/C14H20F2N2O2S/c1-2-17-10-11-8-12(15)14(16)13(9-11)21(19,20)18-6-4-3-5-7-18/h8-9,17H,2-7,10H2,1H3. The predicted octanol–water partition coefficient (Wildman–Crippen LogP) is 2.25. The van der Waals surface area contributed by atoms with Gasteiger partial charge in [-0.3, -0.25) is 0 Å². The largest absolute Gasteiger partial charge is 0.313 e. The molecule has 0 spiro atoms. The molecule has 1 aliphatic heterocycles. The highest BCUT2D eigenvalue weighted by Gasteiger charge is 2.30. The van der Waals surface area contributed by atoms with Crippen molar-refractivity contribution in [1.29, 1.82) is 0 Å². The molecule has 1 fully saturated rings. The summed E-state index contributed by atoms with van der Waals surface area (Å²) in [6.07, 6.45) is 2.46. The van der Waals surface area contributed by atoms with Gasteiger partial charge in [0.15, 0.2) is 11.6 Å². The van der Waals surface area contributed by atoms with E-state index in [1.165, 1.54) is 10.4 Å². The van der Waals surface area contributed by atoms with E-state index in [0.717, 1.165) is 25.3 Å². The van der Waals surface area contributed by atoms with Crippen molar-refractivity contribution in [3.05, 3.63) is 29.3 Å². The lowest BCUT2D eigenvalue weighted by Crippen LogP contribution is -2.36. The Morgan fingerprint density at radius 2 is 1.86 bits per heavy atom. The van der Waals surface area contributed by atoms with E-state index in [0.29, 0.717) is 31.7 Å². The second kappa shape index (κ2) is 6.81. The smallest absolute Gasteiger partial charge is 0.246 e. The van der Waals surface area contributed by atoms with Crippen LogP contribution in [-0.4, -0.2) is 32.4 Å². The Labute approximate surface area is 124 Å². The Balaban J connectivity index is 2.38. The number of benzene rings is 1. The van der Waals surface area contributed by atoms with E-state index in [4.69, 9.17) is 0 Å². The molecule has 1 aromatic rings. The molecule has 0 radical (unpaired) electrons. The maximum absolute atomic E-state index is 14.0. The van der Waals surface area contributed by atoms with E-state index in [-0.39, 0.29) is 0 Å². The van der Waals surface area contributed by atoms with Crippen LogP contribution >= 0.6 is 0 Å². The number of piperidine rings is 1. The van der Waals surface area contributed by atoms with Gasteiger partial charge in [-0.2, -0.15) is 4.31 Å². The van der Waals surface area contributed by atoms with Crippen molar-refractivity contribution in [2.75, 3.05) is 19.6 Å². The quantitative estimate of drug-likeness (QED) is 0.906. The van der Waals surface area contributed by atoms with Gasteiger partial charge in [-0.15, -0.1) is 0 Å². The number of nitrogens with one attached hydrogen (secondary N) is 1. The monoisotopic (exact) mass is 318 g/mol. The third-order valence-electron chi connectivity index (χ3n) is 3.57. The maximum Gasteiger partial charge on any atom is 0.246 e. The van der Waals surface area contributed by atoms with Gasteiger partial charge < -0.3 is 5.32 Å². The van der Waals surface area contributed by atoms with Gasteiger partial charge in [-0.05, 0) is 37.1 Å². The summed E-state index contributed by atoms with van der Waals surface area (Å²) >= 11 is 0. The normalized spacial score (nSPS) is 17.1. The molecule has 0 saturated carbocycles. The number of halogens is 2. The molecule has 0 aromatic heterocycles. The molecule has 4 nitrogen and oxygen atoms in total. The third-order valence-corrected chi connectivity index (χ3v) is 5.46. The van der Waals surface area contributed by atoms with Gasteiger partial charge in [0.05, 0.1) is 0 Å². The van der Waals surface area contributed by atoms with Crippen LogP contribution in [0, 0.1) is 11.6 Å². The van der Waals surface area contributed by atoms with Crippen molar-refractivity contribution in [1.82, 2.24) is 9.62 Å². The molecule has 2 rings (SSSR count). The molecule has 21 heavy (non-hydrogen) atoms. The molecule has 1 aliphatic rings. The van der Waals surface area contributed by atoms with Crippen LogP contribution in [0.25, 0.3) is 0 Å². The number of sulfonamides is 1. The van der Waals surface area contributed by atoms with Crippen molar-refractivity contribution in [2.45, 2.75) is 37.6 Å². The highest BCUT2D eigenvalue weighted by Crippen LogP contribution is 2.25. The zero-order valence-corrected chi connectivity index (χ0v) is 12.8. The minimum Gasteiger partial charge on any atom is -0.313 e. The number of hydrogen-bond acceptors (Lipinski definition) is 3. The van der Waals surface area contributed by atoms with Crippen LogP contribution < -0.4 is 5.32 Å². The van der Waals surface area contributed by atoms with Gasteiger partial charge in [0.1, 0.15) is 4.90 Å². The van der Waals surface area contributed by atoms with Crippen LogP contribution in [0.1, 0.15) is 31.7 Å². The summed E-state index contributed by atoms with van der Waals surface area (Å²) in [6.45, 7) is 3.57. The molecule has 0 atom stereocenters. The van der Waals surface area contributed by atoms with Crippen LogP contribution in [0.4, 0.5) is 8.78 Å². The van der Waals surface area contributed by atoms with Crippen LogP contribution in [0.2, 0.25) is 0 Å². The second-order valence-electron chi connectivity index (χ2n) is 5.13. The van der Waals surface area contributed by atoms with Crippen LogP contribution in [0.15, 0.2) is 17.0 Å². The van der Waals surface area contributed by atoms with Gasteiger partial charge >= 0.3 is 0 Å². The highest BCUT2D eigenvalue weighted by molar-refractivity contribution is 7.89. The Morgan fingerprint density at radius 1 is 1.19 bits per heavy atom. The predicted molar refractivity (Wildman–Crippen MR) is 76.3 cm³/mol.